The Bertz CT molecular complexity index is 919. The smallest absolute Gasteiger partial charge is 0.254 e. The molecule has 1 aromatic carbocycles. The van der Waals surface area contributed by atoms with E-state index in [0.29, 0.717) is 12.1 Å². The van der Waals surface area contributed by atoms with Gasteiger partial charge in [-0.3, -0.25) is 9.59 Å². The second-order valence-corrected chi connectivity index (χ2v) is 8.25. The van der Waals surface area contributed by atoms with Gasteiger partial charge in [0.2, 0.25) is 5.91 Å². The number of benzene rings is 1. The lowest BCUT2D eigenvalue weighted by Crippen LogP contribution is -2.45. The highest BCUT2D eigenvalue weighted by Gasteiger charge is 2.42. The van der Waals surface area contributed by atoms with E-state index in [1.807, 2.05) is 53.2 Å². The summed E-state index contributed by atoms with van der Waals surface area (Å²) in [5.41, 5.74) is 1.41. The molecule has 3 heterocycles. The molecule has 1 aliphatic rings. The minimum Gasteiger partial charge on any atom is -0.351 e. The molecule has 4 rings (SSSR count). The van der Waals surface area contributed by atoms with Crippen LogP contribution in [0.15, 0.2) is 59.3 Å². The third-order valence-corrected chi connectivity index (χ3v) is 6.53. The average Bonchev–Trinajstić information content (AvgIpc) is 3.36. The number of likely N-dealkylation sites (N-methyl/N-ethyl adjacent to an activating group) is 1. The first kappa shape index (κ1) is 17.0. The highest BCUT2D eigenvalue weighted by molar-refractivity contribution is 7.10. The number of fused-ring (bicyclic) bond motifs is 1. The predicted molar refractivity (Wildman–Crippen MR) is 105 cm³/mol. The zero-order valence-corrected chi connectivity index (χ0v) is 15.8. The maximum absolute atomic E-state index is 13.2. The molecule has 2 amide bonds. The average molecular weight is 383 g/mol. The lowest BCUT2D eigenvalue weighted by atomic mass is 9.82. The molecule has 0 saturated carbocycles. The Balaban J connectivity index is 1.72. The van der Waals surface area contributed by atoms with Crippen molar-refractivity contribution in [3.63, 3.8) is 0 Å². The fourth-order valence-electron chi connectivity index (χ4n) is 3.47. The van der Waals surface area contributed by atoms with Gasteiger partial charge in [-0.1, -0.05) is 30.3 Å². The zero-order valence-electron chi connectivity index (χ0n) is 14.2. The zero-order chi connectivity index (χ0) is 18.1. The summed E-state index contributed by atoms with van der Waals surface area (Å²) >= 11 is 3.19. The van der Waals surface area contributed by atoms with Crippen LogP contribution in [0.5, 0.6) is 0 Å². The van der Waals surface area contributed by atoms with Crippen LogP contribution in [-0.4, -0.2) is 23.8 Å². The number of hydrogen-bond acceptors (Lipinski definition) is 4. The summed E-state index contributed by atoms with van der Waals surface area (Å²) < 4.78 is 0. The number of carbonyl (C=O) groups is 2. The molecule has 0 fully saturated rings. The van der Waals surface area contributed by atoms with E-state index in [4.69, 9.17) is 0 Å². The first-order valence-electron chi connectivity index (χ1n) is 8.36. The van der Waals surface area contributed by atoms with E-state index < -0.39 is 5.92 Å². The molecular formula is C20H18N2O2S2. The van der Waals surface area contributed by atoms with Crippen LogP contribution in [0.1, 0.15) is 37.6 Å². The van der Waals surface area contributed by atoms with Crippen LogP contribution < -0.4 is 5.32 Å². The molecule has 1 N–H and O–H groups in total. The molecule has 0 spiro atoms. The quantitative estimate of drug-likeness (QED) is 0.740. The van der Waals surface area contributed by atoms with Crippen LogP contribution in [-0.2, 0) is 11.3 Å². The molecular weight excluding hydrogens is 364 g/mol. The fourth-order valence-corrected chi connectivity index (χ4v) is 5.02. The fraction of sp³-hybridized carbons (Fsp3) is 0.200. The van der Waals surface area contributed by atoms with Crippen molar-refractivity contribution in [2.24, 2.45) is 0 Å². The van der Waals surface area contributed by atoms with Crippen LogP contribution in [0.4, 0.5) is 0 Å². The third kappa shape index (κ3) is 2.95. The standard InChI is InChI=1S/C20H18N2O2S2/c1-22-18(16-9-5-11-26-16)17(14-7-2-3-8-15(14)20(22)24)19(23)21-12-13-6-4-10-25-13/h2-11,17-18H,12H2,1H3,(H,21,23). The van der Waals surface area contributed by atoms with Crippen molar-refractivity contribution in [1.82, 2.24) is 10.2 Å². The molecule has 0 saturated heterocycles. The topological polar surface area (TPSA) is 49.4 Å². The second kappa shape index (κ2) is 7.05. The molecule has 26 heavy (non-hydrogen) atoms. The molecule has 2 aromatic heterocycles. The van der Waals surface area contributed by atoms with Crippen LogP contribution >= 0.6 is 22.7 Å². The highest BCUT2D eigenvalue weighted by Crippen LogP contribution is 2.43. The summed E-state index contributed by atoms with van der Waals surface area (Å²) in [6.45, 7) is 0.504. The van der Waals surface area contributed by atoms with Crippen molar-refractivity contribution < 1.29 is 9.59 Å². The van der Waals surface area contributed by atoms with Crippen molar-refractivity contribution in [2.75, 3.05) is 7.05 Å². The molecule has 6 heteroatoms. The van der Waals surface area contributed by atoms with Gasteiger partial charge < -0.3 is 10.2 Å². The molecule has 0 radical (unpaired) electrons. The van der Waals surface area contributed by atoms with E-state index in [2.05, 4.69) is 5.32 Å². The van der Waals surface area contributed by atoms with Crippen LogP contribution in [0.25, 0.3) is 0 Å². The van der Waals surface area contributed by atoms with Crippen molar-refractivity contribution in [3.05, 3.63) is 80.2 Å². The van der Waals surface area contributed by atoms with Gasteiger partial charge in [0.05, 0.1) is 18.5 Å². The summed E-state index contributed by atoms with van der Waals surface area (Å²) in [6, 6.07) is 15.1. The van der Waals surface area contributed by atoms with Gasteiger partial charge in [-0.15, -0.1) is 22.7 Å². The number of thiophene rings is 2. The Kier molecular flexibility index (Phi) is 4.61. The van der Waals surface area contributed by atoms with Crippen molar-refractivity contribution in [3.8, 4) is 0 Å². The van der Waals surface area contributed by atoms with E-state index in [-0.39, 0.29) is 17.9 Å². The van der Waals surface area contributed by atoms with Crippen LogP contribution in [0.2, 0.25) is 0 Å². The molecule has 2 atom stereocenters. The van der Waals surface area contributed by atoms with E-state index in [1.54, 1.807) is 40.7 Å². The summed E-state index contributed by atoms with van der Waals surface area (Å²) in [7, 11) is 1.78. The van der Waals surface area contributed by atoms with E-state index in [9.17, 15) is 9.59 Å². The van der Waals surface area contributed by atoms with Gasteiger partial charge in [-0.2, -0.15) is 0 Å². The lowest BCUT2D eigenvalue weighted by molar-refractivity contribution is -0.124. The second-order valence-electron chi connectivity index (χ2n) is 6.24. The number of nitrogens with one attached hydrogen (secondary N) is 1. The van der Waals surface area contributed by atoms with E-state index >= 15 is 0 Å². The Morgan fingerprint density at radius 2 is 1.85 bits per heavy atom. The molecule has 3 aromatic rings. The molecule has 2 unspecified atom stereocenters. The molecule has 132 valence electrons. The van der Waals surface area contributed by atoms with Crippen LogP contribution in [0.3, 0.4) is 0 Å². The Hall–Kier alpha value is -2.44. The Morgan fingerprint density at radius 3 is 2.58 bits per heavy atom. The normalized spacial score (nSPS) is 19.3. The van der Waals surface area contributed by atoms with Crippen molar-refractivity contribution in [2.45, 2.75) is 18.5 Å². The first-order valence-corrected chi connectivity index (χ1v) is 10.1. The van der Waals surface area contributed by atoms with Crippen molar-refractivity contribution in [1.29, 1.82) is 0 Å². The Morgan fingerprint density at radius 1 is 1.08 bits per heavy atom. The number of rotatable bonds is 4. The highest BCUT2D eigenvalue weighted by atomic mass is 32.1. The van der Waals surface area contributed by atoms with Gasteiger partial charge in [-0.05, 0) is 34.5 Å². The maximum Gasteiger partial charge on any atom is 0.254 e. The summed E-state index contributed by atoms with van der Waals surface area (Å²) in [4.78, 5) is 29.8. The van der Waals surface area contributed by atoms with Crippen molar-refractivity contribution >= 4 is 34.5 Å². The minimum absolute atomic E-state index is 0.0405. The molecule has 1 aliphatic heterocycles. The number of carbonyl (C=O) groups excluding carboxylic acids is 2. The SMILES string of the molecule is CN1C(=O)c2ccccc2C(C(=O)NCc2cccs2)C1c1cccs1. The van der Waals surface area contributed by atoms with Gasteiger partial charge >= 0.3 is 0 Å². The first-order chi connectivity index (χ1) is 12.7. The largest absolute Gasteiger partial charge is 0.351 e. The third-order valence-electron chi connectivity index (χ3n) is 4.71. The molecule has 0 aliphatic carbocycles. The van der Waals surface area contributed by atoms with E-state index in [0.717, 1.165) is 15.3 Å². The summed E-state index contributed by atoms with van der Waals surface area (Å²) in [5, 5.41) is 7.04. The minimum atomic E-state index is -0.424. The molecule has 0 bridgehead atoms. The van der Waals surface area contributed by atoms with Gasteiger partial charge in [-0.25, -0.2) is 0 Å². The number of nitrogens with zero attached hydrogens (tertiary/aromatic N) is 1. The Labute approximate surface area is 160 Å². The molecule has 4 nitrogen and oxygen atoms in total. The monoisotopic (exact) mass is 382 g/mol. The lowest BCUT2D eigenvalue weighted by Gasteiger charge is -2.39. The van der Waals surface area contributed by atoms with Gasteiger partial charge in [0.1, 0.15) is 0 Å². The maximum atomic E-state index is 13.2. The van der Waals surface area contributed by atoms with Gasteiger partial charge in [0.25, 0.3) is 5.91 Å². The van der Waals surface area contributed by atoms with Crippen LogP contribution in [0, 0.1) is 0 Å². The van der Waals surface area contributed by atoms with Gasteiger partial charge in [0.15, 0.2) is 0 Å². The summed E-state index contributed by atoms with van der Waals surface area (Å²) in [6.07, 6.45) is 0. The summed E-state index contributed by atoms with van der Waals surface area (Å²) in [5.74, 6) is -0.516. The van der Waals surface area contributed by atoms with E-state index in [1.165, 1.54) is 0 Å². The number of amides is 2. The number of hydrogen-bond donors (Lipinski definition) is 1. The predicted octanol–water partition coefficient (Wildman–Crippen LogP) is 4.04. The van der Waals surface area contributed by atoms with Gasteiger partial charge in [0, 0.05) is 22.4 Å².